The van der Waals surface area contributed by atoms with Crippen molar-refractivity contribution in [1.29, 1.82) is 0 Å². The number of nitrogens with one attached hydrogen (secondary N) is 2. The van der Waals surface area contributed by atoms with Gasteiger partial charge in [0.1, 0.15) is 6.33 Å². The van der Waals surface area contributed by atoms with Gasteiger partial charge in [-0.2, -0.15) is 0 Å². The van der Waals surface area contributed by atoms with E-state index < -0.39 is 11.8 Å². The first-order valence-corrected chi connectivity index (χ1v) is 4.28. The fourth-order valence-electron chi connectivity index (χ4n) is 0.982. The molecule has 0 saturated heterocycles. The number of hydrogen-bond donors (Lipinski definition) is 2. The van der Waals surface area contributed by atoms with E-state index >= 15 is 0 Å². The molecular formula is C8H9N5O3. The molecule has 0 aliphatic rings. The lowest BCUT2D eigenvalue weighted by Gasteiger charge is -2.06. The van der Waals surface area contributed by atoms with Crippen molar-refractivity contribution in [2.45, 2.75) is 13.8 Å². The van der Waals surface area contributed by atoms with Crippen molar-refractivity contribution >= 4 is 29.1 Å². The van der Waals surface area contributed by atoms with Gasteiger partial charge in [-0.25, -0.2) is 9.97 Å². The van der Waals surface area contributed by atoms with E-state index in [4.69, 9.17) is 0 Å². The van der Waals surface area contributed by atoms with Crippen molar-refractivity contribution in [3.05, 3.63) is 11.2 Å². The third-order valence-corrected chi connectivity index (χ3v) is 1.50. The minimum absolute atomic E-state index is 0.0405. The van der Waals surface area contributed by atoms with Crippen LogP contribution in [0.3, 0.4) is 0 Å². The summed E-state index contributed by atoms with van der Waals surface area (Å²) in [6.45, 7) is 2.52. The maximum Gasteiger partial charge on any atom is 0.222 e. The van der Waals surface area contributed by atoms with Crippen LogP contribution in [-0.2, 0) is 9.59 Å². The number of nitroso groups, excluding NO2 is 1. The van der Waals surface area contributed by atoms with Crippen molar-refractivity contribution < 1.29 is 9.59 Å². The molecule has 2 amide bonds. The molecule has 0 fully saturated rings. The Bertz CT molecular complexity index is 411. The van der Waals surface area contributed by atoms with E-state index in [1.807, 2.05) is 0 Å². The fraction of sp³-hybridized carbons (Fsp3) is 0.250. The third-order valence-electron chi connectivity index (χ3n) is 1.50. The maximum atomic E-state index is 10.8. The molecule has 8 nitrogen and oxygen atoms in total. The third kappa shape index (κ3) is 2.80. The van der Waals surface area contributed by atoms with E-state index in [9.17, 15) is 14.5 Å². The van der Waals surface area contributed by atoms with Crippen molar-refractivity contribution in [3.8, 4) is 0 Å². The molecule has 1 aromatic rings. The molecule has 0 unspecified atom stereocenters. The molecule has 0 aliphatic carbocycles. The predicted octanol–water partition coefficient (Wildman–Crippen LogP) is 0.791. The average Bonchev–Trinajstić information content (AvgIpc) is 2.16. The van der Waals surface area contributed by atoms with Crippen LogP contribution in [0.4, 0.5) is 17.3 Å². The second-order valence-corrected chi connectivity index (χ2v) is 2.87. The number of nitrogens with zero attached hydrogens (tertiary/aromatic N) is 3. The Hall–Kier alpha value is -2.38. The predicted molar refractivity (Wildman–Crippen MR) is 56.1 cm³/mol. The van der Waals surface area contributed by atoms with E-state index in [0.29, 0.717) is 0 Å². The number of carbonyl (C=O) groups excluding carboxylic acids is 2. The Morgan fingerprint density at radius 3 is 1.88 bits per heavy atom. The van der Waals surface area contributed by atoms with Crippen LogP contribution in [-0.4, -0.2) is 21.8 Å². The van der Waals surface area contributed by atoms with Gasteiger partial charge < -0.3 is 10.6 Å². The topological polar surface area (TPSA) is 113 Å². The van der Waals surface area contributed by atoms with Gasteiger partial charge in [0.2, 0.25) is 11.8 Å². The zero-order valence-corrected chi connectivity index (χ0v) is 8.64. The number of anilines is 2. The normalized spacial score (nSPS) is 9.38. The number of hydrogen-bond acceptors (Lipinski definition) is 6. The van der Waals surface area contributed by atoms with Crippen molar-refractivity contribution in [1.82, 2.24) is 9.97 Å². The van der Waals surface area contributed by atoms with Crippen molar-refractivity contribution in [2.24, 2.45) is 5.18 Å². The molecule has 1 rings (SSSR count). The molecule has 0 bridgehead atoms. The van der Waals surface area contributed by atoms with Gasteiger partial charge in [-0.3, -0.25) is 9.59 Å². The molecule has 1 aromatic heterocycles. The molecule has 2 N–H and O–H groups in total. The fourth-order valence-corrected chi connectivity index (χ4v) is 0.982. The Balaban J connectivity index is 3.14. The summed E-state index contributed by atoms with van der Waals surface area (Å²) in [5.41, 5.74) is -0.215. The second-order valence-electron chi connectivity index (χ2n) is 2.87. The van der Waals surface area contributed by atoms with E-state index in [1.54, 1.807) is 0 Å². The van der Waals surface area contributed by atoms with Gasteiger partial charge in [0.15, 0.2) is 17.3 Å². The highest BCUT2D eigenvalue weighted by atomic mass is 16.3. The molecule has 84 valence electrons. The Labute approximate surface area is 90.4 Å². The number of carbonyl (C=O) groups is 2. The Morgan fingerprint density at radius 2 is 1.56 bits per heavy atom. The smallest absolute Gasteiger partial charge is 0.222 e. The molecular weight excluding hydrogens is 214 g/mol. The standard InChI is InChI=1S/C8H9N5O3/c1-4(14)11-7-6(13-16)8(10-3-9-7)12-5(2)15/h3H,1-2H3,(H2,9,10,11,12,14,15). The second kappa shape index (κ2) is 4.91. The van der Waals surface area contributed by atoms with E-state index in [-0.39, 0.29) is 17.3 Å². The molecule has 1 heterocycles. The van der Waals surface area contributed by atoms with Gasteiger partial charge in [0.25, 0.3) is 0 Å². The quantitative estimate of drug-likeness (QED) is 0.735. The lowest BCUT2D eigenvalue weighted by atomic mass is 10.4. The van der Waals surface area contributed by atoms with Crippen molar-refractivity contribution in [3.63, 3.8) is 0 Å². The Kier molecular flexibility index (Phi) is 3.59. The molecule has 16 heavy (non-hydrogen) atoms. The van der Waals surface area contributed by atoms with Crippen molar-refractivity contribution in [2.75, 3.05) is 10.6 Å². The summed E-state index contributed by atoms with van der Waals surface area (Å²) in [4.78, 5) is 39.5. The van der Waals surface area contributed by atoms with E-state index in [1.165, 1.54) is 13.8 Å². The molecule has 0 aromatic carbocycles. The minimum atomic E-state index is -0.405. The van der Waals surface area contributed by atoms with E-state index in [2.05, 4.69) is 25.8 Å². The maximum absolute atomic E-state index is 10.8. The molecule has 0 atom stereocenters. The first-order chi connectivity index (χ1) is 7.54. The average molecular weight is 223 g/mol. The largest absolute Gasteiger partial charge is 0.309 e. The lowest BCUT2D eigenvalue weighted by molar-refractivity contribution is -0.115. The molecule has 0 spiro atoms. The molecule has 0 saturated carbocycles. The summed E-state index contributed by atoms with van der Waals surface area (Å²) in [5.74, 6) is -0.891. The van der Waals surface area contributed by atoms with Gasteiger partial charge in [0, 0.05) is 13.8 Å². The summed E-state index contributed by atoms with van der Waals surface area (Å²) < 4.78 is 0. The number of aromatic nitrogens is 2. The number of amides is 2. The molecule has 8 heteroatoms. The minimum Gasteiger partial charge on any atom is -0.309 e. The van der Waals surface area contributed by atoms with Gasteiger partial charge in [-0.05, 0) is 5.18 Å². The SMILES string of the molecule is CC(=O)Nc1ncnc(NC(C)=O)c1N=O. The van der Waals surface area contributed by atoms with Gasteiger partial charge in [-0.1, -0.05) is 0 Å². The van der Waals surface area contributed by atoms with Crippen LogP contribution >= 0.6 is 0 Å². The summed E-state index contributed by atoms with van der Waals surface area (Å²) in [6, 6.07) is 0. The van der Waals surface area contributed by atoms with Gasteiger partial charge in [0.05, 0.1) is 0 Å². The summed E-state index contributed by atoms with van der Waals surface area (Å²) >= 11 is 0. The van der Waals surface area contributed by atoms with Gasteiger partial charge >= 0.3 is 0 Å². The number of rotatable bonds is 3. The van der Waals surface area contributed by atoms with Crippen LogP contribution in [0.25, 0.3) is 0 Å². The van der Waals surface area contributed by atoms with Crippen LogP contribution in [0, 0.1) is 4.91 Å². The highest BCUT2D eigenvalue weighted by molar-refractivity contribution is 5.96. The first-order valence-electron chi connectivity index (χ1n) is 4.28. The van der Waals surface area contributed by atoms with Crippen LogP contribution in [0.1, 0.15) is 13.8 Å². The highest BCUT2D eigenvalue weighted by Gasteiger charge is 2.13. The first kappa shape index (κ1) is 11.7. The highest BCUT2D eigenvalue weighted by Crippen LogP contribution is 2.29. The Morgan fingerprint density at radius 1 is 1.12 bits per heavy atom. The summed E-state index contributed by atoms with van der Waals surface area (Å²) in [6.07, 6.45) is 1.10. The summed E-state index contributed by atoms with van der Waals surface area (Å²) in [5, 5.41) is 7.28. The molecule has 0 aliphatic heterocycles. The van der Waals surface area contributed by atoms with Crippen LogP contribution in [0.5, 0.6) is 0 Å². The van der Waals surface area contributed by atoms with Crippen LogP contribution in [0.2, 0.25) is 0 Å². The van der Waals surface area contributed by atoms with Crippen LogP contribution < -0.4 is 10.6 Å². The van der Waals surface area contributed by atoms with E-state index in [0.717, 1.165) is 6.33 Å². The molecule has 0 radical (unpaired) electrons. The van der Waals surface area contributed by atoms with Gasteiger partial charge in [-0.15, -0.1) is 4.91 Å². The zero-order valence-electron chi connectivity index (χ0n) is 8.64. The zero-order chi connectivity index (χ0) is 12.1. The lowest BCUT2D eigenvalue weighted by Crippen LogP contribution is -2.11. The summed E-state index contributed by atoms with van der Waals surface area (Å²) in [7, 11) is 0. The monoisotopic (exact) mass is 223 g/mol. The van der Waals surface area contributed by atoms with Crippen LogP contribution in [0.15, 0.2) is 11.5 Å².